The SMILES string of the molecule is CSCCCNC/C=C/c1ccco1. The number of thioether (sulfide) groups is 1. The minimum atomic E-state index is 0.912. The molecule has 0 saturated carbocycles. The molecule has 1 heterocycles. The van der Waals surface area contributed by atoms with Gasteiger partial charge in [-0.2, -0.15) is 11.8 Å². The van der Waals surface area contributed by atoms with E-state index in [1.54, 1.807) is 6.26 Å². The van der Waals surface area contributed by atoms with Crippen molar-refractivity contribution in [2.75, 3.05) is 25.1 Å². The molecule has 78 valence electrons. The highest BCUT2D eigenvalue weighted by Crippen LogP contribution is 2.01. The van der Waals surface area contributed by atoms with Gasteiger partial charge in [-0.25, -0.2) is 0 Å². The number of nitrogens with one attached hydrogen (secondary N) is 1. The van der Waals surface area contributed by atoms with Crippen molar-refractivity contribution in [2.24, 2.45) is 0 Å². The van der Waals surface area contributed by atoms with Gasteiger partial charge in [-0.1, -0.05) is 6.08 Å². The second kappa shape index (κ2) is 7.71. The topological polar surface area (TPSA) is 25.2 Å². The summed E-state index contributed by atoms with van der Waals surface area (Å²) in [5.74, 6) is 2.14. The Bertz CT molecular complexity index is 244. The van der Waals surface area contributed by atoms with Crippen LogP contribution >= 0.6 is 11.8 Å². The summed E-state index contributed by atoms with van der Waals surface area (Å²) in [5.41, 5.74) is 0. The highest BCUT2D eigenvalue weighted by molar-refractivity contribution is 7.98. The summed E-state index contributed by atoms with van der Waals surface area (Å²) in [6, 6.07) is 3.84. The van der Waals surface area contributed by atoms with Crippen molar-refractivity contribution < 1.29 is 4.42 Å². The fourth-order valence-electron chi connectivity index (χ4n) is 1.09. The molecule has 0 aliphatic heterocycles. The maximum absolute atomic E-state index is 5.16. The molecule has 0 spiro atoms. The lowest BCUT2D eigenvalue weighted by Crippen LogP contribution is -2.15. The summed E-state index contributed by atoms with van der Waals surface area (Å²) in [4.78, 5) is 0. The van der Waals surface area contributed by atoms with E-state index in [4.69, 9.17) is 4.42 Å². The quantitative estimate of drug-likeness (QED) is 0.702. The van der Waals surface area contributed by atoms with Crippen molar-refractivity contribution in [1.29, 1.82) is 0 Å². The number of rotatable bonds is 7. The molecule has 0 bridgehead atoms. The number of hydrogen-bond acceptors (Lipinski definition) is 3. The fourth-order valence-corrected chi connectivity index (χ4v) is 1.52. The van der Waals surface area contributed by atoms with E-state index in [0.717, 1.165) is 18.8 Å². The molecule has 0 saturated heterocycles. The first-order valence-electron chi connectivity index (χ1n) is 4.83. The minimum absolute atomic E-state index is 0.912. The van der Waals surface area contributed by atoms with Crippen LogP contribution in [0.4, 0.5) is 0 Å². The second-order valence-corrected chi connectivity index (χ2v) is 3.95. The van der Waals surface area contributed by atoms with E-state index in [2.05, 4.69) is 17.6 Å². The van der Waals surface area contributed by atoms with Gasteiger partial charge in [0.15, 0.2) is 0 Å². The zero-order valence-corrected chi connectivity index (χ0v) is 9.35. The molecular weight excluding hydrogens is 194 g/mol. The Labute approximate surface area is 89.8 Å². The molecule has 1 aromatic rings. The standard InChI is InChI=1S/C11H17NOS/c1-14-10-4-8-12-7-2-5-11-6-3-9-13-11/h2-3,5-6,9,12H,4,7-8,10H2,1H3/b5-2+. The first-order valence-corrected chi connectivity index (χ1v) is 6.22. The molecular formula is C11H17NOS. The van der Waals surface area contributed by atoms with Gasteiger partial charge < -0.3 is 9.73 Å². The van der Waals surface area contributed by atoms with Crippen molar-refractivity contribution in [2.45, 2.75) is 6.42 Å². The average Bonchev–Trinajstić information content (AvgIpc) is 2.69. The Morgan fingerprint density at radius 2 is 2.50 bits per heavy atom. The lowest BCUT2D eigenvalue weighted by Gasteiger charge is -1.98. The van der Waals surface area contributed by atoms with Gasteiger partial charge in [0.2, 0.25) is 0 Å². The summed E-state index contributed by atoms with van der Waals surface area (Å²) in [6.07, 6.45) is 9.12. The van der Waals surface area contributed by atoms with Crippen molar-refractivity contribution in [3.63, 3.8) is 0 Å². The van der Waals surface area contributed by atoms with E-state index >= 15 is 0 Å². The Balaban J connectivity index is 1.98. The predicted octanol–water partition coefficient (Wildman–Crippen LogP) is 2.64. The predicted molar refractivity (Wildman–Crippen MR) is 63.6 cm³/mol. The molecule has 0 aromatic carbocycles. The largest absolute Gasteiger partial charge is 0.465 e. The van der Waals surface area contributed by atoms with Gasteiger partial charge in [0.25, 0.3) is 0 Å². The van der Waals surface area contributed by atoms with Crippen molar-refractivity contribution in [3.8, 4) is 0 Å². The highest BCUT2D eigenvalue weighted by atomic mass is 32.2. The van der Waals surface area contributed by atoms with Gasteiger partial charge in [0, 0.05) is 6.54 Å². The first-order chi connectivity index (χ1) is 6.93. The summed E-state index contributed by atoms with van der Waals surface area (Å²) >= 11 is 1.89. The van der Waals surface area contributed by atoms with Crippen molar-refractivity contribution >= 4 is 17.8 Å². The summed E-state index contributed by atoms with van der Waals surface area (Å²) in [7, 11) is 0. The zero-order valence-electron chi connectivity index (χ0n) is 8.53. The summed E-state index contributed by atoms with van der Waals surface area (Å²) in [5, 5.41) is 3.34. The summed E-state index contributed by atoms with van der Waals surface area (Å²) < 4.78 is 5.16. The minimum Gasteiger partial charge on any atom is -0.465 e. The van der Waals surface area contributed by atoms with E-state index < -0.39 is 0 Å². The fraction of sp³-hybridized carbons (Fsp3) is 0.455. The molecule has 1 rings (SSSR count). The molecule has 2 nitrogen and oxygen atoms in total. The zero-order chi connectivity index (χ0) is 10.1. The number of furan rings is 1. The molecule has 1 aromatic heterocycles. The molecule has 0 aliphatic carbocycles. The molecule has 0 aliphatic rings. The smallest absolute Gasteiger partial charge is 0.126 e. The van der Waals surface area contributed by atoms with Crippen LogP contribution in [0.1, 0.15) is 12.2 Å². The molecule has 0 radical (unpaired) electrons. The van der Waals surface area contributed by atoms with E-state index in [1.807, 2.05) is 30.0 Å². The normalized spacial score (nSPS) is 11.2. The number of hydrogen-bond donors (Lipinski definition) is 1. The van der Waals surface area contributed by atoms with E-state index in [9.17, 15) is 0 Å². The lowest BCUT2D eigenvalue weighted by atomic mass is 10.4. The van der Waals surface area contributed by atoms with Crippen molar-refractivity contribution in [1.82, 2.24) is 5.32 Å². The van der Waals surface area contributed by atoms with Crippen LogP contribution in [0.25, 0.3) is 6.08 Å². The Hall–Kier alpha value is -0.670. The Kier molecular flexibility index (Phi) is 6.28. The van der Waals surface area contributed by atoms with Crippen LogP contribution in [0.15, 0.2) is 28.9 Å². The average molecular weight is 211 g/mol. The van der Waals surface area contributed by atoms with E-state index in [1.165, 1.54) is 12.2 Å². The van der Waals surface area contributed by atoms with Gasteiger partial charge in [0.05, 0.1) is 6.26 Å². The van der Waals surface area contributed by atoms with Gasteiger partial charge in [0.1, 0.15) is 5.76 Å². The molecule has 0 atom stereocenters. The third kappa shape index (κ3) is 5.14. The monoisotopic (exact) mass is 211 g/mol. The Morgan fingerprint density at radius 3 is 3.21 bits per heavy atom. The lowest BCUT2D eigenvalue weighted by molar-refractivity contribution is 0.556. The first kappa shape index (κ1) is 11.4. The van der Waals surface area contributed by atoms with Crippen LogP contribution in [0.5, 0.6) is 0 Å². The Morgan fingerprint density at radius 1 is 1.57 bits per heavy atom. The second-order valence-electron chi connectivity index (χ2n) is 2.97. The van der Waals surface area contributed by atoms with Gasteiger partial charge >= 0.3 is 0 Å². The van der Waals surface area contributed by atoms with Crippen LogP contribution in [0.3, 0.4) is 0 Å². The summed E-state index contributed by atoms with van der Waals surface area (Å²) in [6.45, 7) is 2.00. The van der Waals surface area contributed by atoms with Crippen LogP contribution in [0, 0.1) is 0 Å². The maximum Gasteiger partial charge on any atom is 0.126 e. The third-order valence-electron chi connectivity index (χ3n) is 1.79. The molecule has 0 amide bonds. The van der Waals surface area contributed by atoms with Crippen LogP contribution in [-0.2, 0) is 0 Å². The van der Waals surface area contributed by atoms with E-state index in [-0.39, 0.29) is 0 Å². The maximum atomic E-state index is 5.16. The highest BCUT2D eigenvalue weighted by Gasteiger charge is 1.87. The van der Waals surface area contributed by atoms with E-state index in [0.29, 0.717) is 0 Å². The van der Waals surface area contributed by atoms with Gasteiger partial charge in [-0.15, -0.1) is 0 Å². The van der Waals surface area contributed by atoms with Crippen molar-refractivity contribution in [3.05, 3.63) is 30.2 Å². The molecule has 14 heavy (non-hydrogen) atoms. The molecule has 0 fully saturated rings. The molecule has 3 heteroatoms. The van der Waals surface area contributed by atoms with Crippen LogP contribution < -0.4 is 5.32 Å². The van der Waals surface area contributed by atoms with Crippen LogP contribution in [-0.4, -0.2) is 25.1 Å². The molecule has 1 N–H and O–H groups in total. The van der Waals surface area contributed by atoms with Crippen LogP contribution in [0.2, 0.25) is 0 Å². The van der Waals surface area contributed by atoms with Gasteiger partial charge in [-0.3, -0.25) is 0 Å². The van der Waals surface area contributed by atoms with Gasteiger partial charge in [-0.05, 0) is 43.2 Å². The third-order valence-corrected chi connectivity index (χ3v) is 2.49. The molecule has 0 unspecified atom stereocenters.